The van der Waals surface area contributed by atoms with E-state index in [1.807, 2.05) is 0 Å². The first-order chi connectivity index (χ1) is 7.13. The van der Waals surface area contributed by atoms with Crippen molar-refractivity contribution in [2.75, 3.05) is 0 Å². The van der Waals surface area contributed by atoms with Gasteiger partial charge in [0.05, 0.1) is 0 Å². The van der Waals surface area contributed by atoms with Crippen LogP contribution >= 0.6 is 11.6 Å². The summed E-state index contributed by atoms with van der Waals surface area (Å²) in [6.45, 7) is 2.12. The van der Waals surface area contributed by atoms with Gasteiger partial charge in [0.2, 0.25) is 0 Å². The first-order valence-electron chi connectivity index (χ1n) is 5.33. The summed E-state index contributed by atoms with van der Waals surface area (Å²) in [6, 6.07) is 4.79. The lowest BCUT2D eigenvalue weighted by Crippen LogP contribution is -2.23. The van der Waals surface area contributed by atoms with E-state index in [2.05, 4.69) is 6.92 Å². The zero-order chi connectivity index (χ0) is 11.3. The van der Waals surface area contributed by atoms with Crippen LogP contribution in [-0.4, -0.2) is 6.04 Å². The second-order valence-corrected chi connectivity index (χ2v) is 4.28. The Morgan fingerprint density at radius 2 is 2.20 bits per heavy atom. The Labute approximate surface area is 95.4 Å². The summed E-state index contributed by atoms with van der Waals surface area (Å²) in [6.07, 6.45) is 3.74. The molecule has 0 aromatic heterocycles. The number of nitrogens with two attached hydrogens (primary N) is 1. The molecule has 15 heavy (non-hydrogen) atoms. The third kappa shape index (κ3) is 4.18. The van der Waals surface area contributed by atoms with Crippen LogP contribution < -0.4 is 5.73 Å². The van der Waals surface area contributed by atoms with Gasteiger partial charge < -0.3 is 5.73 Å². The molecule has 1 nitrogen and oxygen atoms in total. The van der Waals surface area contributed by atoms with Crippen molar-refractivity contribution in [3.05, 3.63) is 34.6 Å². The van der Waals surface area contributed by atoms with Gasteiger partial charge in [-0.2, -0.15) is 0 Å². The molecule has 0 radical (unpaired) electrons. The van der Waals surface area contributed by atoms with E-state index in [9.17, 15) is 4.39 Å². The maximum absolute atomic E-state index is 13.4. The lowest BCUT2D eigenvalue weighted by molar-refractivity contribution is 0.548. The van der Waals surface area contributed by atoms with E-state index in [1.54, 1.807) is 12.1 Å². The largest absolute Gasteiger partial charge is 0.327 e. The summed E-state index contributed by atoms with van der Waals surface area (Å²) in [5.74, 6) is -0.255. The SMILES string of the molecule is CCCCC(N)Cc1ccc(Cl)cc1F. The molecule has 84 valence electrons. The second kappa shape index (κ2) is 6.09. The van der Waals surface area contributed by atoms with Gasteiger partial charge in [0.25, 0.3) is 0 Å². The van der Waals surface area contributed by atoms with Crippen molar-refractivity contribution in [3.63, 3.8) is 0 Å². The highest BCUT2D eigenvalue weighted by atomic mass is 35.5. The molecule has 1 aromatic rings. The van der Waals surface area contributed by atoms with E-state index in [0.717, 1.165) is 19.3 Å². The highest BCUT2D eigenvalue weighted by Gasteiger charge is 2.08. The van der Waals surface area contributed by atoms with E-state index < -0.39 is 0 Å². The molecule has 1 rings (SSSR count). The first kappa shape index (κ1) is 12.5. The molecular formula is C12H17ClFN. The molecule has 2 N–H and O–H groups in total. The molecular weight excluding hydrogens is 213 g/mol. The van der Waals surface area contributed by atoms with Crippen LogP contribution in [0.3, 0.4) is 0 Å². The van der Waals surface area contributed by atoms with E-state index >= 15 is 0 Å². The van der Waals surface area contributed by atoms with Gasteiger partial charge in [0.1, 0.15) is 5.82 Å². The number of benzene rings is 1. The fraction of sp³-hybridized carbons (Fsp3) is 0.500. The highest BCUT2D eigenvalue weighted by Crippen LogP contribution is 2.16. The third-order valence-electron chi connectivity index (χ3n) is 2.43. The van der Waals surface area contributed by atoms with Crippen LogP contribution in [0.4, 0.5) is 4.39 Å². The quantitative estimate of drug-likeness (QED) is 0.821. The molecule has 0 bridgehead atoms. The fourth-order valence-electron chi connectivity index (χ4n) is 1.54. The van der Waals surface area contributed by atoms with Gasteiger partial charge in [-0.25, -0.2) is 4.39 Å². The average Bonchev–Trinajstić information content (AvgIpc) is 2.19. The van der Waals surface area contributed by atoms with Gasteiger partial charge >= 0.3 is 0 Å². The van der Waals surface area contributed by atoms with Gasteiger partial charge in [-0.3, -0.25) is 0 Å². The molecule has 1 aromatic carbocycles. The van der Waals surface area contributed by atoms with Gasteiger partial charge in [-0.05, 0) is 30.5 Å². The molecule has 0 amide bonds. The Hall–Kier alpha value is -0.600. The number of halogens is 2. The molecule has 0 aliphatic carbocycles. The van der Waals surface area contributed by atoms with Crippen LogP contribution in [0.1, 0.15) is 31.7 Å². The minimum Gasteiger partial charge on any atom is -0.327 e. The maximum Gasteiger partial charge on any atom is 0.127 e. The first-order valence-corrected chi connectivity index (χ1v) is 5.70. The minimum absolute atomic E-state index is 0.0422. The summed E-state index contributed by atoms with van der Waals surface area (Å²) in [5.41, 5.74) is 6.55. The zero-order valence-electron chi connectivity index (χ0n) is 8.97. The van der Waals surface area contributed by atoms with Crippen molar-refractivity contribution in [2.45, 2.75) is 38.6 Å². The van der Waals surface area contributed by atoms with Crippen molar-refractivity contribution in [3.8, 4) is 0 Å². The van der Waals surface area contributed by atoms with E-state index in [-0.39, 0.29) is 11.9 Å². The zero-order valence-corrected chi connectivity index (χ0v) is 9.73. The van der Waals surface area contributed by atoms with Crippen LogP contribution in [-0.2, 0) is 6.42 Å². The Morgan fingerprint density at radius 1 is 1.47 bits per heavy atom. The predicted octanol–water partition coefficient (Wildman–Crippen LogP) is 3.54. The van der Waals surface area contributed by atoms with Crippen LogP contribution in [0.25, 0.3) is 0 Å². The molecule has 0 aliphatic heterocycles. The monoisotopic (exact) mass is 229 g/mol. The van der Waals surface area contributed by atoms with Crippen LogP contribution in [0.15, 0.2) is 18.2 Å². The number of unbranched alkanes of at least 4 members (excludes halogenated alkanes) is 1. The lowest BCUT2D eigenvalue weighted by atomic mass is 10.0. The van der Waals surface area contributed by atoms with Crippen molar-refractivity contribution in [1.29, 1.82) is 0 Å². The lowest BCUT2D eigenvalue weighted by Gasteiger charge is -2.11. The van der Waals surface area contributed by atoms with Crippen molar-refractivity contribution >= 4 is 11.6 Å². The minimum atomic E-state index is -0.255. The van der Waals surface area contributed by atoms with E-state index in [0.29, 0.717) is 17.0 Å². The van der Waals surface area contributed by atoms with E-state index in [4.69, 9.17) is 17.3 Å². The summed E-state index contributed by atoms with van der Waals surface area (Å²) >= 11 is 5.67. The number of rotatable bonds is 5. The Morgan fingerprint density at radius 3 is 2.80 bits per heavy atom. The standard InChI is InChI=1S/C12H17ClFN/c1-2-3-4-11(15)7-9-5-6-10(13)8-12(9)14/h5-6,8,11H,2-4,7,15H2,1H3. The van der Waals surface area contributed by atoms with Gasteiger partial charge in [-0.1, -0.05) is 37.4 Å². The Bertz CT molecular complexity index is 314. The second-order valence-electron chi connectivity index (χ2n) is 3.84. The van der Waals surface area contributed by atoms with Gasteiger partial charge in [0, 0.05) is 11.1 Å². The molecule has 0 aliphatic rings. The molecule has 0 saturated carbocycles. The van der Waals surface area contributed by atoms with Gasteiger partial charge in [0.15, 0.2) is 0 Å². The molecule has 0 fully saturated rings. The van der Waals surface area contributed by atoms with Crippen molar-refractivity contribution in [1.82, 2.24) is 0 Å². The summed E-state index contributed by atoms with van der Waals surface area (Å²) in [7, 11) is 0. The molecule has 1 atom stereocenters. The highest BCUT2D eigenvalue weighted by molar-refractivity contribution is 6.30. The van der Waals surface area contributed by atoms with Crippen molar-refractivity contribution in [2.24, 2.45) is 5.73 Å². The normalized spacial score (nSPS) is 12.8. The molecule has 0 spiro atoms. The third-order valence-corrected chi connectivity index (χ3v) is 2.66. The Balaban J connectivity index is 2.56. The summed E-state index contributed by atoms with van der Waals surface area (Å²) < 4.78 is 13.4. The molecule has 1 unspecified atom stereocenters. The molecule has 0 saturated heterocycles. The molecule has 0 heterocycles. The topological polar surface area (TPSA) is 26.0 Å². The Kier molecular flexibility index (Phi) is 5.06. The van der Waals surface area contributed by atoms with Crippen LogP contribution in [0.2, 0.25) is 5.02 Å². The predicted molar refractivity (Wildman–Crippen MR) is 62.6 cm³/mol. The van der Waals surface area contributed by atoms with Crippen LogP contribution in [0.5, 0.6) is 0 Å². The summed E-state index contributed by atoms with van der Waals surface area (Å²) in [5, 5.41) is 0.429. The van der Waals surface area contributed by atoms with E-state index in [1.165, 1.54) is 6.07 Å². The van der Waals surface area contributed by atoms with Crippen molar-refractivity contribution < 1.29 is 4.39 Å². The summed E-state index contributed by atoms with van der Waals surface area (Å²) in [4.78, 5) is 0. The molecule has 3 heteroatoms. The number of hydrogen-bond donors (Lipinski definition) is 1. The average molecular weight is 230 g/mol. The number of hydrogen-bond acceptors (Lipinski definition) is 1. The maximum atomic E-state index is 13.4. The van der Waals surface area contributed by atoms with Crippen LogP contribution in [0, 0.1) is 5.82 Å². The van der Waals surface area contributed by atoms with Gasteiger partial charge in [-0.15, -0.1) is 0 Å². The smallest absolute Gasteiger partial charge is 0.127 e. The fourth-order valence-corrected chi connectivity index (χ4v) is 1.70.